The third kappa shape index (κ3) is 3.94. The first-order valence-electron chi connectivity index (χ1n) is 9.91. The van der Waals surface area contributed by atoms with Gasteiger partial charge in [0.15, 0.2) is 6.61 Å². The fraction of sp³-hybridized carbons (Fsp3) is 0.789. The van der Waals surface area contributed by atoms with Crippen LogP contribution in [-0.4, -0.2) is 65.4 Å². The highest BCUT2D eigenvalue weighted by Crippen LogP contribution is 2.38. The molecule has 0 aromatic carbocycles. The number of amides is 4. The molecule has 3 aliphatic rings. The van der Waals surface area contributed by atoms with Crippen LogP contribution in [0.3, 0.4) is 0 Å². The molecular weight excluding hydrogens is 350 g/mol. The number of nitrogens with zero attached hydrogens (tertiary/aromatic N) is 2. The number of rotatable bonds is 4. The quantitative estimate of drug-likeness (QED) is 0.586. The summed E-state index contributed by atoms with van der Waals surface area (Å²) < 4.78 is 5.04. The maximum Gasteiger partial charge on any atom is 0.326 e. The Kier molecular flexibility index (Phi) is 5.72. The molecule has 2 atom stereocenters. The molecule has 8 heteroatoms. The lowest BCUT2D eigenvalue weighted by molar-refractivity contribution is -0.154. The molecule has 1 spiro atoms. The van der Waals surface area contributed by atoms with Crippen LogP contribution in [0.2, 0.25) is 0 Å². The normalized spacial score (nSPS) is 29.2. The van der Waals surface area contributed by atoms with E-state index in [9.17, 15) is 19.2 Å². The van der Waals surface area contributed by atoms with Crippen LogP contribution >= 0.6 is 0 Å². The lowest BCUT2D eigenvalue weighted by Gasteiger charge is -2.36. The number of hydrogen-bond donors (Lipinski definition) is 1. The van der Waals surface area contributed by atoms with Crippen LogP contribution in [0, 0.1) is 11.8 Å². The Labute approximate surface area is 159 Å². The molecule has 4 amide bonds. The van der Waals surface area contributed by atoms with Crippen molar-refractivity contribution in [3.8, 4) is 0 Å². The predicted molar refractivity (Wildman–Crippen MR) is 96.5 cm³/mol. The van der Waals surface area contributed by atoms with Crippen molar-refractivity contribution in [1.82, 2.24) is 15.1 Å². The Morgan fingerprint density at radius 3 is 2.52 bits per heavy atom. The molecule has 27 heavy (non-hydrogen) atoms. The highest BCUT2D eigenvalue weighted by atomic mass is 16.5. The van der Waals surface area contributed by atoms with Gasteiger partial charge in [-0.15, -0.1) is 0 Å². The van der Waals surface area contributed by atoms with E-state index in [0.717, 1.165) is 37.0 Å². The van der Waals surface area contributed by atoms with Gasteiger partial charge in [-0.05, 0) is 37.5 Å². The molecule has 0 bridgehead atoms. The summed E-state index contributed by atoms with van der Waals surface area (Å²) in [5.41, 5.74) is -0.893. The molecule has 2 saturated heterocycles. The van der Waals surface area contributed by atoms with E-state index in [1.165, 1.54) is 0 Å². The first-order chi connectivity index (χ1) is 12.8. The van der Waals surface area contributed by atoms with Gasteiger partial charge in [0, 0.05) is 13.1 Å². The number of hydrogen-bond acceptors (Lipinski definition) is 5. The smallest absolute Gasteiger partial charge is 0.326 e. The van der Waals surface area contributed by atoms with Gasteiger partial charge in [0.2, 0.25) is 0 Å². The Hall–Kier alpha value is -2.12. The number of esters is 1. The van der Waals surface area contributed by atoms with E-state index in [4.69, 9.17) is 4.74 Å². The monoisotopic (exact) mass is 379 g/mol. The molecule has 3 fully saturated rings. The lowest BCUT2D eigenvalue weighted by Crippen LogP contribution is -2.54. The fourth-order valence-corrected chi connectivity index (χ4v) is 4.31. The van der Waals surface area contributed by atoms with Gasteiger partial charge in [-0.25, -0.2) is 4.79 Å². The molecule has 3 rings (SSSR count). The highest BCUT2D eigenvalue weighted by molar-refractivity contribution is 6.09. The first kappa shape index (κ1) is 19.6. The van der Waals surface area contributed by atoms with Crippen LogP contribution in [0.25, 0.3) is 0 Å². The molecule has 8 nitrogen and oxygen atoms in total. The molecule has 0 radical (unpaired) electrons. The Morgan fingerprint density at radius 2 is 1.85 bits per heavy atom. The Morgan fingerprint density at radius 1 is 1.15 bits per heavy atom. The molecule has 2 heterocycles. The van der Waals surface area contributed by atoms with Crippen LogP contribution in [0.1, 0.15) is 52.4 Å². The molecule has 1 aliphatic carbocycles. The second-order valence-corrected chi connectivity index (χ2v) is 8.16. The Bertz CT molecular complexity index is 629. The maximum atomic E-state index is 12.8. The van der Waals surface area contributed by atoms with E-state index in [0.29, 0.717) is 25.4 Å². The third-order valence-electron chi connectivity index (χ3n) is 6.28. The average molecular weight is 379 g/mol. The molecule has 0 aromatic rings. The number of nitrogens with one attached hydrogen (secondary N) is 1. The van der Waals surface area contributed by atoms with Crippen LogP contribution in [0.4, 0.5) is 4.79 Å². The third-order valence-corrected chi connectivity index (χ3v) is 6.28. The molecule has 150 valence electrons. The summed E-state index contributed by atoms with van der Waals surface area (Å²) >= 11 is 0. The zero-order chi connectivity index (χ0) is 19.6. The Balaban J connectivity index is 1.51. The number of carbonyl (C=O) groups excluding carboxylic acids is 4. The predicted octanol–water partition coefficient (Wildman–Crippen LogP) is 1.29. The van der Waals surface area contributed by atoms with E-state index in [1.54, 1.807) is 4.90 Å². The average Bonchev–Trinajstić information content (AvgIpc) is 2.88. The van der Waals surface area contributed by atoms with Crippen LogP contribution < -0.4 is 5.32 Å². The van der Waals surface area contributed by atoms with Gasteiger partial charge in [0.05, 0.1) is 0 Å². The van der Waals surface area contributed by atoms with Crippen molar-refractivity contribution in [1.29, 1.82) is 0 Å². The second-order valence-electron chi connectivity index (χ2n) is 8.16. The van der Waals surface area contributed by atoms with Crippen molar-refractivity contribution in [3.63, 3.8) is 0 Å². The van der Waals surface area contributed by atoms with Crippen LogP contribution in [0.15, 0.2) is 0 Å². The van der Waals surface area contributed by atoms with Crippen molar-refractivity contribution in [2.45, 2.75) is 57.9 Å². The van der Waals surface area contributed by atoms with Gasteiger partial charge in [0.1, 0.15) is 12.1 Å². The van der Waals surface area contributed by atoms with E-state index in [-0.39, 0.29) is 24.3 Å². The van der Waals surface area contributed by atoms with Gasteiger partial charge in [-0.1, -0.05) is 26.7 Å². The molecule has 2 aliphatic heterocycles. The van der Waals surface area contributed by atoms with Crippen molar-refractivity contribution in [3.05, 3.63) is 0 Å². The number of piperidine rings is 1. The van der Waals surface area contributed by atoms with Gasteiger partial charge >= 0.3 is 12.0 Å². The largest absolute Gasteiger partial charge is 0.454 e. The lowest BCUT2D eigenvalue weighted by atomic mass is 9.73. The summed E-state index contributed by atoms with van der Waals surface area (Å²) in [4.78, 5) is 52.0. The molecular formula is C19H29N3O5. The molecule has 1 N–H and O–H groups in total. The number of urea groups is 1. The van der Waals surface area contributed by atoms with Gasteiger partial charge in [0.25, 0.3) is 11.8 Å². The minimum atomic E-state index is -0.893. The molecule has 0 unspecified atom stereocenters. The van der Waals surface area contributed by atoms with Crippen molar-refractivity contribution >= 4 is 23.8 Å². The van der Waals surface area contributed by atoms with E-state index >= 15 is 0 Å². The summed E-state index contributed by atoms with van der Waals surface area (Å²) in [6, 6.07) is -0.554. The van der Waals surface area contributed by atoms with Crippen LogP contribution in [-0.2, 0) is 19.1 Å². The first-order valence-corrected chi connectivity index (χ1v) is 9.91. The molecule has 1 saturated carbocycles. The summed E-state index contributed by atoms with van der Waals surface area (Å²) in [6.07, 6.45) is 5.26. The second kappa shape index (κ2) is 7.86. The van der Waals surface area contributed by atoms with Gasteiger partial charge in [-0.2, -0.15) is 0 Å². The SMILES string of the molecule is CC1CCN(C(=O)COC(=O)CN2C(=O)N[C@@]3(CCCC[C@H]3C)C2=O)CC1. The topological polar surface area (TPSA) is 96.0 Å². The number of imide groups is 1. The van der Waals surface area contributed by atoms with Gasteiger partial charge < -0.3 is 15.0 Å². The standard InChI is InChI=1S/C19H29N3O5/c1-13-6-9-21(10-7-13)15(23)12-27-16(24)11-22-17(25)19(20-18(22)26)8-4-3-5-14(19)2/h13-14H,3-12H2,1-2H3,(H,20,26)/t14-,19-/m1/s1. The summed E-state index contributed by atoms with van der Waals surface area (Å²) in [6.45, 7) is 4.65. The summed E-state index contributed by atoms with van der Waals surface area (Å²) in [5.74, 6) is -0.687. The maximum absolute atomic E-state index is 12.8. The number of carbonyl (C=O) groups is 4. The van der Waals surface area contributed by atoms with Crippen molar-refractivity contribution in [2.75, 3.05) is 26.2 Å². The number of ether oxygens (including phenoxy) is 1. The van der Waals surface area contributed by atoms with E-state index < -0.39 is 24.1 Å². The van der Waals surface area contributed by atoms with E-state index in [2.05, 4.69) is 12.2 Å². The summed E-state index contributed by atoms with van der Waals surface area (Å²) in [7, 11) is 0. The number of likely N-dealkylation sites (tertiary alicyclic amines) is 1. The van der Waals surface area contributed by atoms with E-state index in [1.807, 2.05) is 6.92 Å². The van der Waals surface area contributed by atoms with Crippen LogP contribution in [0.5, 0.6) is 0 Å². The van der Waals surface area contributed by atoms with Gasteiger partial charge in [-0.3, -0.25) is 19.3 Å². The zero-order valence-electron chi connectivity index (χ0n) is 16.2. The molecule has 0 aromatic heterocycles. The zero-order valence-corrected chi connectivity index (χ0v) is 16.2. The highest BCUT2D eigenvalue weighted by Gasteiger charge is 2.55. The summed E-state index contributed by atoms with van der Waals surface area (Å²) in [5, 5.41) is 2.80. The minimum Gasteiger partial charge on any atom is -0.454 e. The fourth-order valence-electron chi connectivity index (χ4n) is 4.31. The van der Waals surface area contributed by atoms with Crippen molar-refractivity contribution < 1.29 is 23.9 Å². The minimum absolute atomic E-state index is 0.0341. The van der Waals surface area contributed by atoms with Crippen molar-refractivity contribution in [2.24, 2.45) is 11.8 Å².